The van der Waals surface area contributed by atoms with Crippen molar-refractivity contribution in [3.63, 3.8) is 0 Å². The summed E-state index contributed by atoms with van der Waals surface area (Å²) in [6.45, 7) is 14.4. The number of nitrogens with zero attached hydrogens (tertiary/aromatic N) is 2. The Morgan fingerprint density at radius 2 is 0.729 bits per heavy atom. The summed E-state index contributed by atoms with van der Waals surface area (Å²) in [6, 6.07) is 4.68. The molecule has 0 unspecified atom stereocenters. The van der Waals surface area contributed by atoms with Crippen LogP contribution in [0, 0.1) is 23.7 Å². The number of primary amides is 2. The molecule has 3 aliphatic heterocycles. The zero-order chi connectivity index (χ0) is 62.7. The molecule has 2 aromatic carbocycles. The van der Waals surface area contributed by atoms with Crippen molar-refractivity contribution < 1.29 is 57.5 Å². The molecule has 466 valence electrons. The molecule has 10 atom stereocenters. The molecule has 5 rings (SSSR count). The van der Waals surface area contributed by atoms with Crippen LogP contribution in [0.5, 0.6) is 0 Å². The van der Waals surface area contributed by atoms with Crippen molar-refractivity contribution in [3.8, 4) is 0 Å². The number of rotatable bonds is 17. The second kappa shape index (κ2) is 32.4. The molecule has 24 nitrogen and oxygen atoms in total. The smallest absolute Gasteiger partial charge is 0.246 e. The molecular weight excluding hydrogens is 1090 g/mol. The monoisotopic (exact) mass is 1180 g/mol. The Bertz CT molecular complexity index is 2690. The molecule has 24 heteroatoms. The highest BCUT2D eigenvalue weighted by atomic mass is 16.2. The van der Waals surface area contributed by atoms with Gasteiger partial charge in [-0.1, -0.05) is 116 Å². The summed E-state index contributed by atoms with van der Waals surface area (Å²) in [5.41, 5.74) is 12.4. The van der Waals surface area contributed by atoms with Gasteiger partial charge in [0.1, 0.15) is 60.4 Å². The lowest BCUT2D eigenvalue weighted by Gasteiger charge is -2.32. The Kier molecular flexibility index (Phi) is 25.9. The van der Waals surface area contributed by atoms with Gasteiger partial charge in [0.2, 0.25) is 70.9 Å². The lowest BCUT2D eigenvalue weighted by atomic mass is 9.98. The van der Waals surface area contributed by atoms with Gasteiger partial charge in [-0.25, -0.2) is 0 Å². The van der Waals surface area contributed by atoms with Crippen molar-refractivity contribution in [2.75, 3.05) is 13.1 Å². The van der Waals surface area contributed by atoms with Gasteiger partial charge in [0, 0.05) is 38.8 Å². The molecule has 12 amide bonds. The number of hydrogen-bond donors (Lipinski definition) is 10. The number of hydrogen-bond acceptors (Lipinski definition) is 12. The van der Waals surface area contributed by atoms with Crippen molar-refractivity contribution in [3.05, 3.63) is 71.8 Å². The highest BCUT2D eigenvalue weighted by Gasteiger charge is 2.43. The Labute approximate surface area is 498 Å². The van der Waals surface area contributed by atoms with Crippen LogP contribution in [0.4, 0.5) is 0 Å². The van der Waals surface area contributed by atoms with E-state index in [2.05, 4.69) is 42.5 Å². The van der Waals surface area contributed by atoms with Gasteiger partial charge in [0.05, 0.1) is 0 Å². The average molecular weight is 1180 g/mol. The molecule has 0 spiro atoms. The third-order valence-electron chi connectivity index (χ3n) is 15.4. The van der Waals surface area contributed by atoms with Crippen LogP contribution in [0.15, 0.2) is 60.7 Å². The van der Waals surface area contributed by atoms with Gasteiger partial charge in [-0.2, -0.15) is 0 Å². The average Bonchev–Trinajstić information content (AvgIpc) is 4.27. The predicted octanol–water partition coefficient (Wildman–Crippen LogP) is 0.671. The van der Waals surface area contributed by atoms with E-state index in [1.54, 1.807) is 74.5 Å². The standard InChI is InChI=1S/C61H90N12O12/c1-34(2)29-42-56(80)69-45(32-38-17-11-9-12-18-38)60(84)72-27-15-21-47(72)57(81)68-44(31-36(5)6)55(79)65-41(24-26-50(63)75)53(77)71-51(37(7)8)59(83)70-46(33-39-19-13-10-14-20-39)61(85)73-28-16-22-48(73)58(82)67-43(30-35(3)4)54(78)64-40(52(76)66-42)23-25-49(62)74/h9-14,17-20,34-37,40-48,51H,15-16,21-33H2,1-8H3,(H2,62,74)(H2,63,75)(H,64,78)(H,65,79)(H,66,76)(H,67,82)(H,68,81)(H,69,80)(H,70,83)(H,71,77)/t40-,41-,42-,43-,44-,45-,46-,47-,48-,51-/m0/s1. The van der Waals surface area contributed by atoms with E-state index < -0.39 is 137 Å². The highest BCUT2D eigenvalue weighted by molar-refractivity contribution is 6.00. The molecule has 0 bridgehead atoms. The summed E-state index contributed by atoms with van der Waals surface area (Å²) in [5.74, 6) is -10.3. The molecule has 0 aromatic heterocycles. The molecule has 12 N–H and O–H groups in total. The Hall–Kier alpha value is -7.92. The number of nitrogens with one attached hydrogen (secondary N) is 8. The number of carbonyl (C=O) groups is 12. The van der Waals surface area contributed by atoms with Crippen LogP contribution in [0.2, 0.25) is 0 Å². The maximum atomic E-state index is 14.9. The van der Waals surface area contributed by atoms with Gasteiger partial charge in [-0.05, 0) is 92.6 Å². The molecule has 3 heterocycles. The number of benzene rings is 2. The van der Waals surface area contributed by atoms with Crippen LogP contribution in [-0.2, 0) is 70.4 Å². The van der Waals surface area contributed by atoms with Gasteiger partial charge in [-0.3, -0.25) is 57.5 Å². The number of nitrogens with two attached hydrogens (primary N) is 2. The maximum Gasteiger partial charge on any atom is 0.246 e. The third kappa shape index (κ3) is 20.7. The molecule has 0 radical (unpaired) electrons. The van der Waals surface area contributed by atoms with E-state index in [9.17, 15) is 57.5 Å². The first-order valence-electron chi connectivity index (χ1n) is 29.9. The van der Waals surface area contributed by atoms with E-state index in [1.165, 1.54) is 9.80 Å². The van der Waals surface area contributed by atoms with E-state index in [4.69, 9.17) is 11.5 Å². The van der Waals surface area contributed by atoms with E-state index in [-0.39, 0.29) is 101 Å². The summed E-state index contributed by atoms with van der Waals surface area (Å²) in [7, 11) is 0. The lowest BCUT2D eigenvalue weighted by molar-refractivity contribution is -0.143. The maximum absolute atomic E-state index is 14.9. The molecule has 3 fully saturated rings. The Morgan fingerprint density at radius 3 is 1.07 bits per heavy atom. The normalized spacial score (nSPS) is 25.9. The first kappa shape index (κ1) is 67.9. The van der Waals surface area contributed by atoms with E-state index in [0.717, 1.165) is 0 Å². The molecule has 3 saturated heterocycles. The Balaban J connectivity index is 1.61. The van der Waals surface area contributed by atoms with Gasteiger partial charge < -0.3 is 63.8 Å². The van der Waals surface area contributed by atoms with E-state index in [0.29, 0.717) is 24.0 Å². The summed E-state index contributed by atoms with van der Waals surface area (Å²) < 4.78 is 0. The van der Waals surface area contributed by atoms with Crippen LogP contribution >= 0.6 is 0 Å². The number of carbonyl (C=O) groups excluding carboxylic acids is 12. The minimum Gasteiger partial charge on any atom is -0.370 e. The van der Waals surface area contributed by atoms with Crippen LogP contribution < -0.4 is 54.0 Å². The second-order valence-electron chi connectivity index (χ2n) is 24.3. The zero-order valence-electron chi connectivity index (χ0n) is 50.4. The van der Waals surface area contributed by atoms with Crippen molar-refractivity contribution in [2.45, 2.75) is 199 Å². The largest absolute Gasteiger partial charge is 0.370 e. The molecule has 3 aliphatic rings. The van der Waals surface area contributed by atoms with Gasteiger partial charge in [-0.15, -0.1) is 0 Å². The van der Waals surface area contributed by atoms with Gasteiger partial charge >= 0.3 is 0 Å². The van der Waals surface area contributed by atoms with E-state index >= 15 is 0 Å². The lowest BCUT2D eigenvalue weighted by Crippen LogP contribution is -2.62. The topological polar surface area (TPSA) is 360 Å². The summed E-state index contributed by atoms with van der Waals surface area (Å²) >= 11 is 0. The van der Waals surface area contributed by atoms with Crippen LogP contribution in [0.1, 0.15) is 137 Å². The molecule has 85 heavy (non-hydrogen) atoms. The first-order valence-corrected chi connectivity index (χ1v) is 29.9. The minimum absolute atomic E-state index is 0.0354. The third-order valence-corrected chi connectivity index (χ3v) is 15.4. The Morgan fingerprint density at radius 1 is 0.424 bits per heavy atom. The quantitative estimate of drug-likeness (QED) is 0.105. The van der Waals surface area contributed by atoms with Gasteiger partial charge in [0.25, 0.3) is 0 Å². The van der Waals surface area contributed by atoms with Gasteiger partial charge in [0.15, 0.2) is 0 Å². The summed E-state index contributed by atoms with van der Waals surface area (Å²) in [6.07, 6.45) is -0.0780. The number of fused-ring (bicyclic) bond motifs is 2. The molecule has 2 aromatic rings. The second-order valence-corrected chi connectivity index (χ2v) is 24.3. The molecule has 0 aliphatic carbocycles. The fraction of sp³-hybridized carbons (Fsp3) is 0.607. The van der Waals surface area contributed by atoms with Crippen LogP contribution in [0.25, 0.3) is 0 Å². The first-order chi connectivity index (χ1) is 40.2. The fourth-order valence-electron chi connectivity index (χ4n) is 11.0. The molecular formula is C61H90N12O12. The highest BCUT2D eigenvalue weighted by Crippen LogP contribution is 2.24. The van der Waals surface area contributed by atoms with Crippen molar-refractivity contribution in [1.29, 1.82) is 0 Å². The van der Waals surface area contributed by atoms with Crippen molar-refractivity contribution in [2.24, 2.45) is 35.1 Å². The van der Waals surface area contributed by atoms with E-state index in [1.807, 2.05) is 41.5 Å². The minimum atomic E-state index is -1.47. The van der Waals surface area contributed by atoms with Crippen LogP contribution in [-0.4, -0.2) is 154 Å². The van der Waals surface area contributed by atoms with Crippen molar-refractivity contribution >= 4 is 70.9 Å². The fourth-order valence-corrected chi connectivity index (χ4v) is 11.0. The predicted molar refractivity (Wildman–Crippen MR) is 315 cm³/mol. The summed E-state index contributed by atoms with van der Waals surface area (Å²) in [4.78, 5) is 173. The number of amides is 12. The summed E-state index contributed by atoms with van der Waals surface area (Å²) in [5, 5.41) is 22.1. The van der Waals surface area contributed by atoms with Crippen molar-refractivity contribution in [1.82, 2.24) is 52.3 Å². The van der Waals surface area contributed by atoms with Crippen LogP contribution in [0.3, 0.4) is 0 Å². The molecule has 0 saturated carbocycles. The zero-order valence-corrected chi connectivity index (χ0v) is 50.4. The SMILES string of the molecule is CC(C)C[C@@H]1NC(=O)[C@H](CCC(N)=O)NC(=O)[C@H](CC(C)C)NC(=O)[C@@H]2CCCN2C(=O)[C@H](Cc2ccccc2)NC(=O)[C@H](C(C)C)NC(=O)[C@H](CCC(N)=O)NC(=O)[C@H](CC(C)C)NC(=O)[C@@H]2CCCN2C(=O)[C@H](Cc2ccccc2)NC1=O.